The zero-order chi connectivity index (χ0) is 15.7. The predicted octanol–water partition coefficient (Wildman–Crippen LogP) is 2.26. The van der Waals surface area contributed by atoms with Crippen molar-refractivity contribution in [1.29, 1.82) is 0 Å². The first-order valence-corrected chi connectivity index (χ1v) is 7.72. The van der Waals surface area contributed by atoms with Gasteiger partial charge in [-0.2, -0.15) is 8.42 Å². The minimum absolute atomic E-state index is 0.00195. The van der Waals surface area contributed by atoms with E-state index in [-0.39, 0.29) is 23.1 Å². The molecule has 3 rings (SSSR count). The lowest BCUT2D eigenvalue weighted by atomic mass is 10.2. The summed E-state index contributed by atoms with van der Waals surface area (Å²) in [6, 6.07) is 12.3. The Hall–Kier alpha value is -2.74. The zero-order valence-electron chi connectivity index (χ0n) is 11.2. The van der Waals surface area contributed by atoms with E-state index >= 15 is 0 Å². The molecule has 0 atom stereocenters. The van der Waals surface area contributed by atoms with Crippen LogP contribution in [-0.4, -0.2) is 19.2 Å². The second-order valence-corrected chi connectivity index (χ2v) is 6.16. The fraction of sp³-hybridized carbons (Fsp3) is 0.0714. The molecule has 2 aromatic carbocycles. The van der Waals surface area contributed by atoms with Crippen LogP contribution in [0, 0.1) is 10.1 Å². The molecule has 8 heteroatoms. The molecular weight excluding hydrogens is 308 g/mol. The summed E-state index contributed by atoms with van der Waals surface area (Å²) in [7, 11) is -3.73. The van der Waals surface area contributed by atoms with Gasteiger partial charge in [-0.25, -0.2) is 0 Å². The maximum atomic E-state index is 11.9. The molecule has 1 heterocycles. The molecule has 0 saturated carbocycles. The molecule has 0 N–H and O–H groups in total. The molecule has 2 aromatic rings. The van der Waals surface area contributed by atoms with Crippen LogP contribution in [0.3, 0.4) is 0 Å². The minimum Gasteiger partial charge on any atom is -0.472 e. The molecule has 0 unspecified atom stereocenters. The predicted molar refractivity (Wildman–Crippen MR) is 78.1 cm³/mol. The van der Waals surface area contributed by atoms with Crippen LogP contribution in [0.25, 0.3) is 0 Å². The van der Waals surface area contributed by atoms with Crippen LogP contribution >= 0.6 is 0 Å². The number of rotatable bonds is 3. The Labute approximate surface area is 126 Å². The topological polar surface area (TPSA) is 98.9 Å². The number of non-ortho nitro benzene ring substituents is 1. The van der Waals surface area contributed by atoms with Gasteiger partial charge >= 0.3 is 0 Å². The van der Waals surface area contributed by atoms with Crippen molar-refractivity contribution in [2.24, 2.45) is 4.40 Å². The van der Waals surface area contributed by atoms with Gasteiger partial charge in [-0.15, -0.1) is 4.40 Å². The first-order chi connectivity index (χ1) is 10.5. The molecule has 0 radical (unpaired) electrons. The Morgan fingerprint density at radius 1 is 1.14 bits per heavy atom. The quantitative estimate of drug-likeness (QED) is 0.638. The van der Waals surface area contributed by atoms with Crippen molar-refractivity contribution >= 4 is 21.6 Å². The summed E-state index contributed by atoms with van der Waals surface area (Å²) in [5.41, 5.74) is 0.897. The fourth-order valence-electron chi connectivity index (χ4n) is 2.09. The lowest BCUT2D eigenvalue weighted by Crippen LogP contribution is -2.04. The summed E-state index contributed by atoms with van der Waals surface area (Å²) in [5, 5.41) is 10.7. The third-order valence-corrected chi connectivity index (χ3v) is 4.41. The van der Waals surface area contributed by atoms with Crippen molar-refractivity contribution < 1.29 is 18.1 Å². The number of sulfonamides is 1. The fourth-order valence-corrected chi connectivity index (χ4v) is 3.24. The molecule has 112 valence electrons. The van der Waals surface area contributed by atoms with Crippen LogP contribution in [-0.2, 0) is 21.4 Å². The molecule has 0 amide bonds. The average molecular weight is 318 g/mol. The Morgan fingerprint density at radius 2 is 1.91 bits per heavy atom. The van der Waals surface area contributed by atoms with Gasteiger partial charge in [0.2, 0.25) is 5.90 Å². The van der Waals surface area contributed by atoms with Gasteiger partial charge in [-0.3, -0.25) is 10.1 Å². The van der Waals surface area contributed by atoms with E-state index in [1.807, 2.05) is 0 Å². The molecule has 0 spiro atoms. The molecule has 0 aromatic heterocycles. The van der Waals surface area contributed by atoms with Gasteiger partial charge in [0.15, 0.2) is 0 Å². The van der Waals surface area contributed by atoms with Crippen LogP contribution in [0.1, 0.15) is 11.1 Å². The van der Waals surface area contributed by atoms with E-state index in [0.29, 0.717) is 11.1 Å². The highest BCUT2D eigenvalue weighted by Crippen LogP contribution is 2.27. The summed E-state index contributed by atoms with van der Waals surface area (Å²) >= 11 is 0. The maximum Gasteiger partial charge on any atom is 0.286 e. The van der Waals surface area contributed by atoms with E-state index in [2.05, 4.69) is 4.40 Å². The largest absolute Gasteiger partial charge is 0.472 e. The zero-order valence-corrected chi connectivity index (χ0v) is 12.0. The van der Waals surface area contributed by atoms with Crippen LogP contribution in [0.5, 0.6) is 0 Å². The van der Waals surface area contributed by atoms with Gasteiger partial charge < -0.3 is 4.74 Å². The molecule has 0 fully saturated rings. The summed E-state index contributed by atoms with van der Waals surface area (Å²) in [5.74, 6) is 0.00195. The second kappa shape index (κ2) is 5.23. The van der Waals surface area contributed by atoms with E-state index in [4.69, 9.17) is 4.74 Å². The van der Waals surface area contributed by atoms with E-state index in [1.54, 1.807) is 24.3 Å². The molecular formula is C14H10N2O5S. The molecule has 0 aliphatic carbocycles. The number of fused-ring (bicyclic) bond motifs is 1. The highest BCUT2D eigenvalue weighted by molar-refractivity contribution is 7.90. The Balaban J connectivity index is 1.84. The first-order valence-electron chi connectivity index (χ1n) is 6.28. The summed E-state index contributed by atoms with van der Waals surface area (Å²) in [6.07, 6.45) is 0. The lowest BCUT2D eigenvalue weighted by molar-refractivity contribution is -0.384. The third-order valence-electron chi connectivity index (χ3n) is 3.10. The van der Waals surface area contributed by atoms with Crippen molar-refractivity contribution in [2.45, 2.75) is 11.5 Å². The molecule has 1 aliphatic heterocycles. The lowest BCUT2D eigenvalue weighted by Gasteiger charge is -2.06. The van der Waals surface area contributed by atoms with Crippen molar-refractivity contribution in [2.75, 3.05) is 0 Å². The molecule has 22 heavy (non-hydrogen) atoms. The van der Waals surface area contributed by atoms with Crippen molar-refractivity contribution in [3.63, 3.8) is 0 Å². The number of nitro groups is 1. The minimum atomic E-state index is -3.73. The normalized spacial score (nSPS) is 15.0. The standard InChI is InChI=1S/C14H10N2O5S/c17-16(18)11-5-3-4-10(8-11)9-21-14-12-6-1-2-7-13(12)22(19,20)15-14/h1-8H,9H2. The van der Waals surface area contributed by atoms with Gasteiger partial charge in [0.1, 0.15) is 11.5 Å². The first kappa shape index (κ1) is 14.2. The van der Waals surface area contributed by atoms with Gasteiger partial charge in [-0.05, 0) is 17.7 Å². The molecule has 1 aliphatic rings. The number of nitro benzene ring substituents is 1. The van der Waals surface area contributed by atoms with E-state index in [1.165, 1.54) is 24.3 Å². The van der Waals surface area contributed by atoms with Gasteiger partial charge in [0.05, 0.1) is 10.5 Å². The smallest absolute Gasteiger partial charge is 0.286 e. The Bertz CT molecular complexity index is 890. The number of nitrogens with zero attached hydrogens (tertiary/aromatic N) is 2. The van der Waals surface area contributed by atoms with Crippen LogP contribution in [0.4, 0.5) is 5.69 Å². The van der Waals surface area contributed by atoms with Crippen molar-refractivity contribution in [1.82, 2.24) is 0 Å². The monoisotopic (exact) mass is 318 g/mol. The van der Waals surface area contributed by atoms with Gasteiger partial charge in [-0.1, -0.05) is 24.3 Å². The SMILES string of the molecule is O=[N+]([O-])c1cccc(COC2=NS(=O)(=O)c3ccccc32)c1. The highest BCUT2D eigenvalue weighted by Gasteiger charge is 2.29. The molecule has 0 saturated heterocycles. The molecule has 0 bridgehead atoms. The van der Waals surface area contributed by atoms with Crippen LogP contribution in [0.15, 0.2) is 57.8 Å². The van der Waals surface area contributed by atoms with Crippen molar-refractivity contribution in [3.8, 4) is 0 Å². The summed E-state index contributed by atoms with van der Waals surface area (Å²) in [6.45, 7) is -0.00956. The second-order valence-electron chi connectivity index (χ2n) is 4.58. The number of hydrogen-bond acceptors (Lipinski definition) is 5. The third kappa shape index (κ3) is 2.56. The summed E-state index contributed by atoms with van der Waals surface area (Å²) in [4.78, 5) is 10.3. The Morgan fingerprint density at radius 3 is 2.68 bits per heavy atom. The van der Waals surface area contributed by atoms with E-state index in [0.717, 1.165) is 0 Å². The maximum absolute atomic E-state index is 11.9. The number of ether oxygens (including phenoxy) is 1. The highest BCUT2D eigenvalue weighted by atomic mass is 32.2. The number of benzene rings is 2. The Kier molecular flexibility index (Phi) is 3.38. The van der Waals surface area contributed by atoms with E-state index in [9.17, 15) is 18.5 Å². The van der Waals surface area contributed by atoms with E-state index < -0.39 is 14.9 Å². The van der Waals surface area contributed by atoms with Gasteiger partial charge in [0, 0.05) is 12.1 Å². The van der Waals surface area contributed by atoms with Crippen LogP contribution in [0.2, 0.25) is 0 Å². The van der Waals surface area contributed by atoms with Crippen LogP contribution < -0.4 is 0 Å². The van der Waals surface area contributed by atoms with Gasteiger partial charge in [0.25, 0.3) is 15.7 Å². The molecule has 7 nitrogen and oxygen atoms in total. The number of hydrogen-bond donors (Lipinski definition) is 0. The van der Waals surface area contributed by atoms with Crippen molar-refractivity contribution in [3.05, 3.63) is 69.8 Å². The average Bonchev–Trinajstić information content (AvgIpc) is 2.77. The summed E-state index contributed by atoms with van der Waals surface area (Å²) < 4.78 is 32.8.